The van der Waals surface area contributed by atoms with Gasteiger partial charge >= 0.3 is 0 Å². The predicted octanol–water partition coefficient (Wildman–Crippen LogP) is 5.38. The highest BCUT2D eigenvalue weighted by molar-refractivity contribution is 7.80. The number of nitro benzene ring substituents is 1. The van der Waals surface area contributed by atoms with Crippen LogP contribution in [0.3, 0.4) is 0 Å². The van der Waals surface area contributed by atoms with Crippen molar-refractivity contribution in [2.24, 2.45) is 0 Å². The Hall–Kier alpha value is -3.25. The van der Waals surface area contributed by atoms with Crippen LogP contribution in [0.4, 0.5) is 17.1 Å². The molecule has 0 amide bonds. The number of aryl methyl sites for hydroxylation is 1. The number of nitro groups is 1. The van der Waals surface area contributed by atoms with Crippen LogP contribution in [0.15, 0.2) is 72.8 Å². The van der Waals surface area contributed by atoms with Gasteiger partial charge in [-0.25, -0.2) is 0 Å². The number of rotatable bonds is 4. The fraction of sp³-hybridized carbons (Fsp3) is 0.0500. The van der Waals surface area contributed by atoms with Gasteiger partial charge in [0.2, 0.25) is 0 Å². The largest absolute Gasteiger partial charge is 0.332 e. The Morgan fingerprint density at radius 2 is 1.62 bits per heavy atom. The van der Waals surface area contributed by atoms with Crippen molar-refractivity contribution in [1.29, 1.82) is 0 Å². The van der Waals surface area contributed by atoms with E-state index in [1.807, 2.05) is 55.5 Å². The highest BCUT2D eigenvalue weighted by Gasteiger charge is 2.13. The normalized spacial score (nSPS) is 10.2. The van der Waals surface area contributed by atoms with Gasteiger partial charge in [-0.15, -0.1) is 0 Å². The Morgan fingerprint density at radius 3 is 2.31 bits per heavy atom. The van der Waals surface area contributed by atoms with E-state index < -0.39 is 0 Å². The van der Waals surface area contributed by atoms with Crippen LogP contribution in [0.5, 0.6) is 0 Å². The van der Waals surface area contributed by atoms with Crippen molar-refractivity contribution in [3.8, 4) is 11.1 Å². The summed E-state index contributed by atoms with van der Waals surface area (Å²) in [5, 5.41) is 17.9. The number of hydrogen-bond donors (Lipinski definition) is 2. The standard InChI is InChI=1S/C20H17N3O2S/c1-14-5-4-6-17(13-14)22-20(26)21-16-11-9-15(10-12-16)18-7-2-3-8-19(18)23(24)25/h2-13H,1H3,(H2,21,22,26). The number of benzene rings is 3. The lowest BCUT2D eigenvalue weighted by molar-refractivity contribution is -0.384. The first-order valence-electron chi connectivity index (χ1n) is 8.01. The molecule has 0 aliphatic rings. The molecule has 26 heavy (non-hydrogen) atoms. The van der Waals surface area contributed by atoms with Gasteiger partial charge in [0.05, 0.1) is 10.5 Å². The summed E-state index contributed by atoms with van der Waals surface area (Å²) in [7, 11) is 0. The second-order valence-electron chi connectivity index (χ2n) is 5.80. The van der Waals surface area contributed by atoms with E-state index in [0.29, 0.717) is 10.7 Å². The first kappa shape index (κ1) is 17.6. The molecule has 0 heterocycles. The summed E-state index contributed by atoms with van der Waals surface area (Å²) in [5.74, 6) is 0. The average Bonchev–Trinajstić information content (AvgIpc) is 2.62. The van der Waals surface area contributed by atoms with E-state index in [4.69, 9.17) is 12.2 Å². The maximum atomic E-state index is 11.2. The van der Waals surface area contributed by atoms with Crippen molar-refractivity contribution in [1.82, 2.24) is 0 Å². The van der Waals surface area contributed by atoms with Gasteiger partial charge in [-0.05, 0) is 60.6 Å². The Morgan fingerprint density at radius 1 is 0.923 bits per heavy atom. The molecule has 0 atom stereocenters. The second-order valence-corrected chi connectivity index (χ2v) is 6.21. The third-order valence-corrected chi connectivity index (χ3v) is 4.03. The average molecular weight is 363 g/mol. The van der Waals surface area contributed by atoms with E-state index in [-0.39, 0.29) is 10.6 Å². The molecule has 3 aromatic rings. The Balaban J connectivity index is 1.72. The Bertz CT molecular complexity index is 955. The molecule has 3 rings (SSSR count). The lowest BCUT2D eigenvalue weighted by Crippen LogP contribution is -2.18. The summed E-state index contributed by atoms with van der Waals surface area (Å²) in [6.45, 7) is 2.02. The van der Waals surface area contributed by atoms with Crippen LogP contribution in [-0.4, -0.2) is 10.0 Å². The molecule has 0 fully saturated rings. The minimum Gasteiger partial charge on any atom is -0.332 e. The summed E-state index contributed by atoms with van der Waals surface area (Å²) in [6, 6.07) is 22.0. The predicted molar refractivity (Wildman–Crippen MR) is 110 cm³/mol. The quantitative estimate of drug-likeness (QED) is 0.370. The zero-order chi connectivity index (χ0) is 18.5. The molecule has 6 heteroatoms. The number of nitrogens with zero attached hydrogens (tertiary/aromatic N) is 1. The molecule has 0 saturated heterocycles. The zero-order valence-electron chi connectivity index (χ0n) is 14.1. The van der Waals surface area contributed by atoms with Gasteiger partial charge in [-0.2, -0.15) is 0 Å². The van der Waals surface area contributed by atoms with Gasteiger partial charge in [0.1, 0.15) is 0 Å². The van der Waals surface area contributed by atoms with E-state index in [1.54, 1.807) is 18.2 Å². The van der Waals surface area contributed by atoms with Gasteiger partial charge in [-0.3, -0.25) is 10.1 Å². The summed E-state index contributed by atoms with van der Waals surface area (Å²) in [6.07, 6.45) is 0. The topological polar surface area (TPSA) is 67.2 Å². The zero-order valence-corrected chi connectivity index (χ0v) is 14.9. The van der Waals surface area contributed by atoms with Crippen molar-refractivity contribution in [3.63, 3.8) is 0 Å². The van der Waals surface area contributed by atoms with Crippen molar-refractivity contribution in [2.45, 2.75) is 6.92 Å². The number of anilines is 2. The second kappa shape index (κ2) is 7.76. The van der Waals surface area contributed by atoms with Gasteiger partial charge in [0, 0.05) is 17.4 Å². The molecule has 0 saturated carbocycles. The number of hydrogen-bond acceptors (Lipinski definition) is 3. The van der Waals surface area contributed by atoms with E-state index in [1.165, 1.54) is 6.07 Å². The monoisotopic (exact) mass is 363 g/mol. The van der Waals surface area contributed by atoms with Crippen molar-refractivity contribution >= 4 is 34.4 Å². The molecule has 0 unspecified atom stereocenters. The summed E-state index contributed by atoms with van der Waals surface area (Å²) in [5.41, 5.74) is 4.32. The summed E-state index contributed by atoms with van der Waals surface area (Å²) >= 11 is 5.33. The minimum atomic E-state index is -0.373. The molecule has 0 aliphatic carbocycles. The van der Waals surface area contributed by atoms with Crippen LogP contribution in [0.1, 0.15) is 5.56 Å². The van der Waals surface area contributed by atoms with Crippen molar-refractivity contribution < 1.29 is 4.92 Å². The molecule has 130 valence electrons. The fourth-order valence-electron chi connectivity index (χ4n) is 2.63. The van der Waals surface area contributed by atoms with Crippen LogP contribution in [0, 0.1) is 17.0 Å². The minimum absolute atomic E-state index is 0.0878. The Kier molecular flexibility index (Phi) is 5.24. The SMILES string of the molecule is Cc1cccc(NC(=S)Nc2ccc(-c3ccccc3[N+](=O)[O-])cc2)c1. The Labute approximate surface area is 156 Å². The van der Waals surface area contributed by atoms with Crippen LogP contribution < -0.4 is 10.6 Å². The van der Waals surface area contributed by atoms with Gasteiger partial charge in [-0.1, -0.05) is 36.4 Å². The van der Waals surface area contributed by atoms with Gasteiger partial charge in [0.25, 0.3) is 5.69 Å². The van der Waals surface area contributed by atoms with E-state index in [9.17, 15) is 10.1 Å². The fourth-order valence-corrected chi connectivity index (χ4v) is 2.86. The molecule has 0 aliphatic heterocycles. The highest BCUT2D eigenvalue weighted by atomic mass is 32.1. The molecule has 2 N–H and O–H groups in total. The molecule has 0 aromatic heterocycles. The van der Waals surface area contributed by atoms with Crippen molar-refractivity contribution in [2.75, 3.05) is 10.6 Å². The first-order chi connectivity index (χ1) is 12.5. The highest BCUT2D eigenvalue weighted by Crippen LogP contribution is 2.30. The van der Waals surface area contributed by atoms with E-state index in [0.717, 1.165) is 22.5 Å². The maximum absolute atomic E-state index is 11.2. The molecular formula is C20H17N3O2S. The molecular weight excluding hydrogens is 346 g/mol. The smallest absolute Gasteiger partial charge is 0.277 e. The molecule has 0 bridgehead atoms. The van der Waals surface area contributed by atoms with Crippen LogP contribution in [0.25, 0.3) is 11.1 Å². The van der Waals surface area contributed by atoms with E-state index in [2.05, 4.69) is 10.6 Å². The van der Waals surface area contributed by atoms with Crippen LogP contribution >= 0.6 is 12.2 Å². The number of para-hydroxylation sites is 1. The van der Waals surface area contributed by atoms with Gasteiger partial charge in [0.15, 0.2) is 5.11 Å². The molecule has 5 nitrogen and oxygen atoms in total. The lowest BCUT2D eigenvalue weighted by atomic mass is 10.0. The van der Waals surface area contributed by atoms with Crippen LogP contribution in [0.2, 0.25) is 0 Å². The van der Waals surface area contributed by atoms with Gasteiger partial charge < -0.3 is 10.6 Å². The summed E-state index contributed by atoms with van der Waals surface area (Å²) in [4.78, 5) is 10.8. The third kappa shape index (κ3) is 4.23. The molecule has 0 spiro atoms. The number of nitrogens with one attached hydrogen (secondary N) is 2. The first-order valence-corrected chi connectivity index (χ1v) is 8.42. The summed E-state index contributed by atoms with van der Waals surface area (Å²) < 4.78 is 0. The lowest BCUT2D eigenvalue weighted by Gasteiger charge is -2.11. The number of thiocarbonyl (C=S) groups is 1. The van der Waals surface area contributed by atoms with Crippen molar-refractivity contribution in [3.05, 3.63) is 88.5 Å². The molecule has 3 aromatic carbocycles. The molecule has 0 radical (unpaired) electrons. The van der Waals surface area contributed by atoms with E-state index >= 15 is 0 Å². The third-order valence-electron chi connectivity index (χ3n) is 3.83. The van der Waals surface area contributed by atoms with Crippen LogP contribution in [-0.2, 0) is 0 Å². The maximum Gasteiger partial charge on any atom is 0.277 e.